The number of hydrogen-bond donors (Lipinski definition) is 0. The van der Waals surface area contributed by atoms with Crippen LogP contribution in [0.1, 0.15) is 25.6 Å². The van der Waals surface area contributed by atoms with Gasteiger partial charge in [-0.1, -0.05) is 13.3 Å². The number of aromatic nitrogens is 2. The Bertz CT molecular complexity index is 390. The summed E-state index contributed by atoms with van der Waals surface area (Å²) >= 11 is 2.00. The summed E-state index contributed by atoms with van der Waals surface area (Å²) in [4.78, 5) is 15.9. The fraction of sp³-hybridized carbons (Fsp3) is 0.636. The van der Waals surface area contributed by atoms with Gasteiger partial charge in [-0.05, 0) is 35.9 Å². The Morgan fingerprint density at radius 1 is 1.50 bits per heavy atom. The molecule has 1 aromatic rings. The van der Waals surface area contributed by atoms with Gasteiger partial charge in [0.25, 0.3) is 5.56 Å². The minimum atomic E-state index is 0.0205. The fourth-order valence-electron chi connectivity index (χ4n) is 1.32. The molecule has 1 rings (SSSR count). The average molecular weight is 336 g/mol. The van der Waals surface area contributed by atoms with Crippen molar-refractivity contribution < 1.29 is 4.74 Å². The average Bonchev–Trinajstić information content (AvgIpc) is 2.28. The van der Waals surface area contributed by atoms with Crippen molar-refractivity contribution in [3.8, 4) is 0 Å². The molecule has 4 nitrogen and oxygen atoms in total. The highest BCUT2D eigenvalue weighted by molar-refractivity contribution is 14.1. The third kappa shape index (κ3) is 3.86. The lowest BCUT2D eigenvalue weighted by Crippen LogP contribution is -2.27. The van der Waals surface area contributed by atoms with E-state index in [9.17, 15) is 4.79 Å². The Morgan fingerprint density at radius 2 is 2.25 bits per heavy atom. The molecule has 0 aliphatic heterocycles. The van der Waals surface area contributed by atoms with Crippen molar-refractivity contribution in [1.82, 2.24) is 9.55 Å². The minimum absolute atomic E-state index is 0.0205. The van der Waals surface area contributed by atoms with E-state index in [1.807, 2.05) is 29.5 Å². The summed E-state index contributed by atoms with van der Waals surface area (Å²) in [5.41, 5.74) is 0.0205. The maximum absolute atomic E-state index is 11.8. The Kier molecular flexibility index (Phi) is 5.97. The van der Waals surface area contributed by atoms with Gasteiger partial charge in [0.15, 0.2) is 0 Å². The molecule has 5 heteroatoms. The van der Waals surface area contributed by atoms with Gasteiger partial charge in [0, 0.05) is 12.8 Å². The first-order chi connectivity index (χ1) is 7.66. The molecule has 0 atom stereocenters. The van der Waals surface area contributed by atoms with Crippen LogP contribution >= 0.6 is 22.6 Å². The largest absolute Gasteiger partial charge is 0.380 e. The molecule has 0 saturated heterocycles. The van der Waals surface area contributed by atoms with Crippen LogP contribution in [0.3, 0.4) is 0 Å². The summed E-state index contributed by atoms with van der Waals surface area (Å²) in [5, 5.41) is 0. The van der Waals surface area contributed by atoms with Crippen LogP contribution in [0.2, 0.25) is 0 Å². The zero-order valence-corrected chi connectivity index (χ0v) is 11.9. The van der Waals surface area contributed by atoms with E-state index in [1.54, 1.807) is 10.8 Å². The molecule has 0 fully saturated rings. The van der Waals surface area contributed by atoms with Crippen LogP contribution < -0.4 is 5.56 Å². The van der Waals surface area contributed by atoms with Crippen LogP contribution in [0.5, 0.6) is 0 Å². The quantitative estimate of drug-likeness (QED) is 0.589. The van der Waals surface area contributed by atoms with Crippen molar-refractivity contribution >= 4 is 22.6 Å². The number of aryl methyl sites for hydroxylation is 1. The van der Waals surface area contributed by atoms with E-state index in [0.29, 0.717) is 16.7 Å². The van der Waals surface area contributed by atoms with Crippen LogP contribution in [-0.2, 0) is 11.3 Å². The highest BCUT2D eigenvalue weighted by Gasteiger charge is 2.04. The minimum Gasteiger partial charge on any atom is -0.380 e. The van der Waals surface area contributed by atoms with Crippen LogP contribution in [0.25, 0.3) is 0 Å². The van der Waals surface area contributed by atoms with Gasteiger partial charge in [-0.3, -0.25) is 9.36 Å². The molecule has 0 bridgehead atoms. The van der Waals surface area contributed by atoms with Gasteiger partial charge in [0.1, 0.15) is 5.82 Å². The van der Waals surface area contributed by atoms with E-state index < -0.39 is 0 Å². The molecule has 0 saturated carbocycles. The lowest BCUT2D eigenvalue weighted by atomic mass is 10.4. The summed E-state index contributed by atoms with van der Waals surface area (Å²) < 4.78 is 7.75. The van der Waals surface area contributed by atoms with Gasteiger partial charge in [-0.2, -0.15) is 0 Å². The third-order valence-electron chi connectivity index (χ3n) is 2.31. The van der Waals surface area contributed by atoms with E-state index in [-0.39, 0.29) is 5.56 Å². The van der Waals surface area contributed by atoms with E-state index in [2.05, 4.69) is 11.9 Å². The zero-order chi connectivity index (χ0) is 12.0. The first kappa shape index (κ1) is 13.6. The highest BCUT2D eigenvalue weighted by Crippen LogP contribution is 1.97. The van der Waals surface area contributed by atoms with Crippen molar-refractivity contribution in [2.24, 2.45) is 0 Å². The van der Waals surface area contributed by atoms with E-state index in [1.165, 1.54) is 0 Å². The second-order valence-corrected chi connectivity index (χ2v) is 4.74. The SMILES string of the molecule is CCCCOCCn1c(C)ncc(I)c1=O. The van der Waals surface area contributed by atoms with E-state index >= 15 is 0 Å². The molecule has 0 aliphatic rings. The predicted octanol–water partition coefficient (Wildman–Crippen LogP) is 1.97. The Balaban J connectivity index is 2.54. The van der Waals surface area contributed by atoms with Crippen molar-refractivity contribution in [2.45, 2.75) is 33.2 Å². The number of hydrogen-bond acceptors (Lipinski definition) is 3. The maximum atomic E-state index is 11.8. The standard InChI is InChI=1S/C11H17IN2O2/c1-3-4-6-16-7-5-14-9(2)13-8-10(12)11(14)15/h8H,3-7H2,1-2H3. The first-order valence-electron chi connectivity index (χ1n) is 5.46. The van der Waals surface area contributed by atoms with Gasteiger partial charge in [0.05, 0.1) is 16.7 Å². The molecule has 0 spiro atoms. The van der Waals surface area contributed by atoms with E-state index in [0.717, 1.165) is 25.3 Å². The molecule has 0 aliphatic carbocycles. The predicted molar refractivity (Wildman–Crippen MR) is 71.7 cm³/mol. The Hall–Kier alpha value is -0.430. The summed E-state index contributed by atoms with van der Waals surface area (Å²) in [7, 11) is 0. The third-order valence-corrected chi connectivity index (χ3v) is 3.05. The normalized spacial score (nSPS) is 10.7. The molecule has 0 unspecified atom stereocenters. The molecule has 0 aromatic carbocycles. The molecule has 0 radical (unpaired) electrons. The summed E-state index contributed by atoms with van der Waals surface area (Å²) in [6, 6.07) is 0. The zero-order valence-electron chi connectivity index (χ0n) is 9.70. The van der Waals surface area contributed by atoms with Gasteiger partial charge in [-0.25, -0.2) is 4.98 Å². The summed E-state index contributed by atoms with van der Waals surface area (Å²) in [6.45, 7) is 5.88. The number of unbranched alkanes of at least 4 members (excludes halogenated alkanes) is 1. The lowest BCUT2D eigenvalue weighted by Gasteiger charge is -2.09. The summed E-state index contributed by atoms with van der Waals surface area (Å²) in [5.74, 6) is 0.740. The van der Waals surface area contributed by atoms with Gasteiger partial charge in [0.2, 0.25) is 0 Å². The smallest absolute Gasteiger partial charge is 0.267 e. The van der Waals surface area contributed by atoms with Crippen LogP contribution in [0.4, 0.5) is 0 Å². The van der Waals surface area contributed by atoms with Gasteiger partial charge in [-0.15, -0.1) is 0 Å². The number of halogens is 1. The summed E-state index contributed by atoms with van der Waals surface area (Å²) in [6.07, 6.45) is 3.80. The Morgan fingerprint density at radius 3 is 2.94 bits per heavy atom. The van der Waals surface area contributed by atoms with Crippen molar-refractivity contribution in [3.63, 3.8) is 0 Å². The van der Waals surface area contributed by atoms with Gasteiger partial charge < -0.3 is 4.74 Å². The van der Waals surface area contributed by atoms with Crippen molar-refractivity contribution in [3.05, 3.63) is 25.9 Å². The molecule has 16 heavy (non-hydrogen) atoms. The van der Waals surface area contributed by atoms with Gasteiger partial charge >= 0.3 is 0 Å². The number of nitrogens with zero attached hydrogens (tertiary/aromatic N) is 2. The topological polar surface area (TPSA) is 44.1 Å². The lowest BCUT2D eigenvalue weighted by molar-refractivity contribution is 0.122. The van der Waals surface area contributed by atoms with Crippen molar-refractivity contribution in [1.29, 1.82) is 0 Å². The molecule has 0 amide bonds. The second-order valence-electron chi connectivity index (χ2n) is 3.58. The van der Waals surface area contributed by atoms with Crippen LogP contribution in [0, 0.1) is 10.5 Å². The Labute approximate surface area is 109 Å². The highest BCUT2D eigenvalue weighted by atomic mass is 127. The molecule has 0 N–H and O–H groups in total. The molecular formula is C11H17IN2O2. The van der Waals surface area contributed by atoms with Crippen molar-refractivity contribution in [2.75, 3.05) is 13.2 Å². The number of rotatable bonds is 6. The second kappa shape index (κ2) is 7.01. The van der Waals surface area contributed by atoms with Crippen LogP contribution in [0.15, 0.2) is 11.0 Å². The maximum Gasteiger partial charge on any atom is 0.267 e. The monoisotopic (exact) mass is 336 g/mol. The molecule has 1 aromatic heterocycles. The number of ether oxygens (including phenoxy) is 1. The fourth-order valence-corrected chi connectivity index (χ4v) is 1.75. The molecular weight excluding hydrogens is 319 g/mol. The first-order valence-corrected chi connectivity index (χ1v) is 6.54. The molecule has 1 heterocycles. The van der Waals surface area contributed by atoms with Crippen LogP contribution in [-0.4, -0.2) is 22.8 Å². The van der Waals surface area contributed by atoms with E-state index in [4.69, 9.17) is 4.74 Å². The molecule has 90 valence electrons.